The number of aromatic nitrogens is 1. The molecule has 28 heavy (non-hydrogen) atoms. The molecule has 2 heterocycles. The van der Waals surface area contributed by atoms with Gasteiger partial charge in [0.15, 0.2) is 0 Å². The summed E-state index contributed by atoms with van der Waals surface area (Å²) in [6, 6.07) is 3.96. The topological polar surface area (TPSA) is 91.3 Å². The molecule has 1 aromatic rings. The first-order valence-corrected chi connectivity index (χ1v) is 11.4. The maximum absolute atomic E-state index is 12.9. The molecule has 0 bridgehead atoms. The van der Waals surface area contributed by atoms with Crippen LogP contribution in [0.1, 0.15) is 74.3 Å². The second kappa shape index (κ2) is 9.74. The van der Waals surface area contributed by atoms with Crippen LogP contribution in [0, 0.1) is 0 Å². The zero-order chi connectivity index (χ0) is 20.0. The summed E-state index contributed by atoms with van der Waals surface area (Å²) in [6.07, 6.45) is 7.47. The van der Waals surface area contributed by atoms with Crippen LogP contribution in [0.3, 0.4) is 0 Å². The van der Waals surface area contributed by atoms with Crippen LogP contribution >= 0.6 is 11.8 Å². The van der Waals surface area contributed by atoms with Crippen LogP contribution < -0.4 is 10.6 Å². The van der Waals surface area contributed by atoms with Crippen LogP contribution in [0.15, 0.2) is 17.2 Å². The van der Waals surface area contributed by atoms with Gasteiger partial charge in [0.2, 0.25) is 0 Å². The van der Waals surface area contributed by atoms with Gasteiger partial charge in [-0.3, -0.25) is 9.59 Å². The smallest absolute Gasteiger partial charge is 0.304 e. The van der Waals surface area contributed by atoms with Crippen LogP contribution in [0.2, 0.25) is 0 Å². The predicted molar refractivity (Wildman–Crippen MR) is 111 cm³/mol. The van der Waals surface area contributed by atoms with E-state index in [1.54, 1.807) is 11.8 Å². The molecule has 7 heteroatoms. The largest absolute Gasteiger partial charge is 0.481 e. The van der Waals surface area contributed by atoms with E-state index < -0.39 is 11.4 Å². The van der Waals surface area contributed by atoms with Gasteiger partial charge in [-0.1, -0.05) is 26.2 Å². The van der Waals surface area contributed by atoms with Gasteiger partial charge in [0.05, 0.1) is 12.0 Å². The number of carboxylic acid groups (broad SMARTS) is 1. The van der Waals surface area contributed by atoms with Gasteiger partial charge in [-0.25, -0.2) is 4.98 Å². The summed E-state index contributed by atoms with van der Waals surface area (Å²) in [6.45, 7) is 3.50. The molecule has 1 aliphatic heterocycles. The fourth-order valence-electron chi connectivity index (χ4n) is 4.22. The number of nitrogens with zero attached hydrogens (tertiary/aromatic N) is 1. The lowest BCUT2D eigenvalue weighted by atomic mass is 9.80. The van der Waals surface area contributed by atoms with Gasteiger partial charge in [-0.2, -0.15) is 0 Å². The van der Waals surface area contributed by atoms with Crippen molar-refractivity contribution in [1.82, 2.24) is 15.6 Å². The standard InChI is InChI=1S/C21H31N3O3S/c1-2-12-28-20-16(19(27)23-15-6-4-3-5-7-15)8-9-17(24-20)21(13-18(25)26)10-11-22-14-21/h8-9,15,22H,2-7,10-14H2,1H3,(H,23,27)(H,25,26)/t21-/m1/s1. The number of rotatable bonds is 8. The molecule has 1 aliphatic carbocycles. The normalized spacial score (nSPS) is 22.9. The average molecular weight is 406 g/mol. The Morgan fingerprint density at radius 1 is 1.32 bits per heavy atom. The molecule has 1 aromatic heterocycles. The van der Waals surface area contributed by atoms with E-state index in [4.69, 9.17) is 4.98 Å². The Hall–Kier alpha value is -1.60. The molecule has 0 unspecified atom stereocenters. The summed E-state index contributed by atoms with van der Waals surface area (Å²) >= 11 is 1.59. The van der Waals surface area contributed by atoms with Crippen LogP contribution in [0.5, 0.6) is 0 Å². The molecule has 154 valence electrons. The zero-order valence-corrected chi connectivity index (χ0v) is 17.4. The lowest BCUT2D eigenvalue weighted by molar-refractivity contribution is -0.138. The van der Waals surface area contributed by atoms with E-state index >= 15 is 0 Å². The quantitative estimate of drug-likeness (QED) is 0.575. The Morgan fingerprint density at radius 2 is 2.11 bits per heavy atom. The minimum absolute atomic E-state index is 0.0541. The zero-order valence-electron chi connectivity index (χ0n) is 16.6. The Morgan fingerprint density at radius 3 is 2.75 bits per heavy atom. The van der Waals surface area contributed by atoms with Gasteiger partial charge in [0.25, 0.3) is 5.91 Å². The monoisotopic (exact) mass is 405 g/mol. The van der Waals surface area contributed by atoms with E-state index in [1.807, 2.05) is 12.1 Å². The lowest BCUT2D eigenvalue weighted by Crippen LogP contribution is -2.37. The SMILES string of the molecule is CCCSc1nc([C@@]2(CC(=O)O)CCNC2)ccc1C(=O)NC1CCCCC1. The number of pyridine rings is 1. The number of carbonyl (C=O) groups is 2. The highest BCUT2D eigenvalue weighted by molar-refractivity contribution is 7.99. The Labute approximate surface area is 171 Å². The van der Waals surface area contributed by atoms with Crippen molar-refractivity contribution in [1.29, 1.82) is 0 Å². The number of thioether (sulfide) groups is 1. The first-order chi connectivity index (χ1) is 13.5. The molecule has 0 radical (unpaired) electrons. The molecule has 3 N–H and O–H groups in total. The van der Waals surface area contributed by atoms with Crippen molar-refractivity contribution < 1.29 is 14.7 Å². The van der Waals surface area contributed by atoms with Crippen molar-refractivity contribution in [2.24, 2.45) is 0 Å². The van der Waals surface area contributed by atoms with Gasteiger partial charge in [-0.15, -0.1) is 11.8 Å². The average Bonchev–Trinajstić information content (AvgIpc) is 3.15. The van der Waals surface area contributed by atoms with E-state index in [0.717, 1.165) is 48.7 Å². The molecular formula is C21H31N3O3S. The molecule has 1 saturated carbocycles. The second-order valence-electron chi connectivity index (χ2n) is 7.98. The van der Waals surface area contributed by atoms with Crippen molar-refractivity contribution in [3.8, 4) is 0 Å². The third kappa shape index (κ3) is 5.06. The third-order valence-corrected chi connectivity index (χ3v) is 6.96. The maximum atomic E-state index is 12.9. The molecule has 0 spiro atoms. The predicted octanol–water partition coefficient (Wildman–Crippen LogP) is 3.35. The number of aliphatic carboxylic acids is 1. The molecule has 1 amide bonds. The van der Waals surface area contributed by atoms with Crippen LogP contribution in [-0.2, 0) is 10.2 Å². The summed E-state index contributed by atoms with van der Waals surface area (Å²) in [7, 11) is 0. The van der Waals surface area contributed by atoms with Crippen molar-refractivity contribution >= 4 is 23.6 Å². The summed E-state index contributed by atoms with van der Waals surface area (Å²) in [4.78, 5) is 29.2. The lowest BCUT2D eigenvalue weighted by Gasteiger charge is -2.27. The number of carboxylic acids is 1. The van der Waals surface area contributed by atoms with E-state index in [0.29, 0.717) is 12.1 Å². The number of hydrogen-bond acceptors (Lipinski definition) is 5. The highest BCUT2D eigenvalue weighted by Crippen LogP contribution is 2.35. The van der Waals surface area contributed by atoms with E-state index in [2.05, 4.69) is 17.6 Å². The third-order valence-electron chi connectivity index (χ3n) is 5.76. The Bertz CT molecular complexity index is 698. The molecule has 2 aliphatic rings. The van der Waals surface area contributed by atoms with Crippen molar-refractivity contribution in [3.05, 3.63) is 23.4 Å². The molecule has 6 nitrogen and oxygen atoms in total. The van der Waals surface area contributed by atoms with E-state index in [-0.39, 0.29) is 18.4 Å². The molecule has 0 aromatic carbocycles. The minimum Gasteiger partial charge on any atom is -0.481 e. The maximum Gasteiger partial charge on any atom is 0.304 e. The number of carbonyl (C=O) groups excluding carboxylic acids is 1. The first-order valence-electron chi connectivity index (χ1n) is 10.4. The van der Waals surface area contributed by atoms with Gasteiger partial charge >= 0.3 is 5.97 Å². The van der Waals surface area contributed by atoms with Crippen molar-refractivity contribution in [2.75, 3.05) is 18.8 Å². The summed E-state index contributed by atoms with van der Waals surface area (Å²) in [5.41, 5.74) is 0.906. The minimum atomic E-state index is -0.813. The summed E-state index contributed by atoms with van der Waals surface area (Å²) < 4.78 is 0. The summed E-state index contributed by atoms with van der Waals surface area (Å²) in [5, 5.41) is 16.6. The van der Waals surface area contributed by atoms with Crippen molar-refractivity contribution in [3.63, 3.8) is 0 Å². The highest BCUT2D eigenvalue weighted by atomic mass is 32.2. The molecule has 1 atom stereocenters. The van der Waals surface area contributed by atoms with Crippen LogP contribution in [0.25, 0.3) is 0 Å². The van der Waals surface area contributed by atoms with Gasteiger partial charge in [0.1, 0.15) is 5.03 Å². The fourth-order valence-corrected chi connectivity index (χ4v) is 5.10. The number of hydrogen-bond donors (Lipinski definition) is 3. The first kappa shape index (κ1) is 21.1. The Balaban J connectivity index is 1.86. The molecule has 1 saturated heterocycles. The van der Waals surface area contributed by atoms with Gasteiger partial charge in [0, 0.05) is 23.7 Å². The van der Waals surface area contributed by atoms with Crippen LogP contribution in [-0.4, -0.2) is 46.9 Å². The van der Waals surface area contributed by atoms with Gasteiger partial charge in [-0.05, 0) is 50.1 Å². The second-order valence-corrected chi connectivity index (χ2v) is 9.07. The van der Waals surface area contributed by atoms with Gasteiger partial charge < -0.3 is 15.7 Å². The van der Waals surface area contributed by atoms with Crippen LogP contribution in [0.4, 0.5) is 0 Å². The van der Waals surface area contributed by atoms with E-state index in [9.17, 15) is 14.7 Å². The molecule has 2 fully saturated rings. The van der Waals surface area contributed by atoms with Crippen molar-refractivity contribution in [2.45, 2.75) is 74.8 Å². The Kier molecular flexibility index (Phi) is 7.35. The highest BCUT2D eigenvalue weighted by Gasteiger charge is 2.39. The number of amides is 1. The number of nitrogens with one attached hydrogen (secondary N) is 2. The summed E-state index contributed by atoms with van der Waals surface area (Å²) in [5.74, 6) is 0.0124. The molecular weight excluding hydrogens is 374 g/mol. The molecule has 3 rings (SSSR count). The fraction of sp³-hybridized carbons (Fsp3) is 0.667. The van der Waals surface area contributed by atoms with E-state index in [1.165, 1.54) is 19.3 Å².